The molecule has 0 amide bonds. The molecule has 5 rings (SSSR count). The van der Waals surface area contributed by atoms with Crippen molar-refractivity contribution in [1.29, 1.82) is 0 Å². The van der Waals surface area contributed by atoms with E-state index in [2.05, 4.69) is 27.6 Å². The second-order valence-corrected chi connectivity index (χ2v) is 12.9. The van der Waals surface area contributed by atoms with E-state index in [0.29, 0.717) is 66.7 Å². The average molecular weight is 795 g/mol. The number of nitrogens with zero attached hydrogens (tertiary/aromatic N) is 2. The van der Waals surface area contributed by atoms with Gasteiger partial charge >= 0.3 is 5.97 Å². The van der Waals surface area contributed by atoms with Crippen molar-refractivity contribution in [2.45, 2.75) is 26.5 Å². The van der Waals surface area contributed by atoms with Crippen molar-refractivity contribution in [3.05, 3.63) is 110 Å². The zero-order chi connectivity index (χ0) is 33.0. The summed E-state index contributed by atoms with van der Waals surface area (Å²) in [7, 11) is 2.84. The maximum atomic E-state index is 14.2. The van der Waals surface area contributed by atoms with Crippen LogP contribution in [0.2, 0.25) is 10.0 Å². The molecule has 0 saturated heterocycles. The molecule has 1 atom stereocenters. The molecule has 9 nitrogen and oxygen atoms in total. The molecular formula is C33H29Cl2IN2O7S. The highest BCUT2D eigenvalue weighted by Crippen LogP contribution is 2.37. The minimum absolute atomic E-state index is 0.179. The lowest BCUT2D eigenvalue weighted by Crippen LogP contribution is -2.39. The van der Waals surface area contributed by atoms with E-state index < -0.39 is 12.0 Å². The van der Waals surface area contributed by atoms with Gasteiger partial charge in [-0.3, -0.25) is 9.36 Å². The predicted molar refractivity (Wildman–Crippen MR) is 186 cm³/mol. The van der Waals surface area contributed by atoms with Crippen LogP contribution in [0.1, 0.15) is 36.6 Å². The minimum Gasteiger partial charge on any atom is -0.493 e. The molecule has 4 aromatic rings. The molecule has 0 aliphatic carbocycles. The summed E-state index contributed by atoms with van der Waals surface area (Å²) >= 11 is 15.7. The van der Waals surface area contributed by atoms with Crippen molar-refractivity contribution in [3.63, 3.8) is 0 Å². The summed E-state index contributed by atoms with van der Waals surface area (Å²) in [5, 5.41) is 0.863. The number of carbonyl (C=O) groups is 1. The van der Waals surface area contributed by atoms with E-state index in [9.17, 15) is 9.59 Å². The first-order valence-electron chi connectivity index (χ1n) is 14.1. The summed E-state index contributed by atoms with van der Waals surface area (Å²) in [4.78, 5) is 32.0. The number of halogens is 3. The van der Waals surface area contributed by atoms with Crippen LogP contribution in [0.25, 0.3) is 6.08 Å². The van der Waals surface area contributed by atoms with E-state index in [4.69, 9.17) is 46.9 Å². The predicted octanol–water partition coefficient (Wildman–Crippen LogP) is 6.31. The highest BCUT2D eigenvalue weighted by atomic mass is 127. The van der Waals surface area contributed by atoms with Gasteiger partial charge in [0.25, 0.3) is 5.56 Å². The standard InChI is InChI=1S/C33H29Cl2IN2O7S/c1-5-43-25-10-8-19(13-26(25)44-6-2)29-22(32(40)42-4)16-37-33-38(29)31(39)28(46-33)14-20-12-21(36)15-27(41-3)30(20)45-17-18-7-9-23(34)24(35)11-18/h7-16,29H,5-6,17H2,1-4H3/b28-14+/t29-/m1/s1. The van der Waals surface area contributed by atoms with Gasteiger partial charge in [0, 0.05) is 15.3 Å². The Bertz CT molecular complexity index is 2010. The van der Waals surface area contributed by atoms with Gasteiger partial charge in [0.05, 0.1) is 53.6 Å². The van der Waals surface area contributed by atoms with Gasteiger partial charge in [0.2, 0.25) is 0 Å². The van der Waals surface area contributed by atoms with E-state index in [1.807, 2.05) is 32.0 Å². The smallest absolute Gasteiger partial charge is 0.337 e. The average Bonchev–Trinajstić information content (AvgIpc) is 3.36. The molecule has 0 fully saturated rings. The van der Waals surface area contributed by atoms with Gasteiger partial charge in [0.15, 0.2) is 27.8 Å². The molecular weight excluding hydrogens is 766 g/mol. The molecule has 1 aromatic heterocycles. The van der Waals surface area contributed by atoms with Crippen LogP contribution in [0.15, 0.2) is 70.1 Å². The first-order valence-corrected chi connectivity index (χ1v) is 16.8. The zero-order valence-electron chi connectivity index (χ0n) is 25.3. The van der Waals surface area contributed by atoms with Crippen molar-refractivity contribution in [1.82, 2.24) is 4.57 Å². The maximum Gasteiger partial charge on any atom is 0.337 e. The Balaban J connectivity index is 1.64. The number of esters is 1. The number of carbonyl (C=O) groups excluding carboxylic acids is 1. The summed E-state index contributed by atoms with van der Waals surface area (Å²) in [6.45, 7) is 4.78. The third kappa shape index (κ3) is 7.07. The number of fused-ring (bicyclic) bond motifs is 1. The van der Waals surface area contributed by atoms with E-state index in [1.165, 1.54) is 29.2 Å². The number of rotatable bonds is 11. The SMILES string of the molecule is CCOc1ccc([C@@H]2C(C(=O)OC)=CN=c3s/c(=C/c4cc(I)cc(OC)c4OCc4ccc(Cl)c(Cl)c4)c(=O)n32)cc1OCC. The number of methoxy groups -OCH3 is 2. The normalized spacial score (nSPS) is 14.2. The van der Waals surface area contributed by atoms with Crippen molar-refractivity contribution in [3.8, 4) is 23.0 Å². The summed E-state index contributed by atoms with van der Waals surface area (Å²) < 4.78 is 31.3. The molecule has 1 aliphatic heterocycles. The molecule has 2 heterocycles. The van der Waals surface area contributed by atoms with Crippen molar-refractivity contribution < 1.29 is 28.5 Å². The number of ether oxygens (including phenoxy) is 5. The zero-order valence-corrected chi connectivity index (χ0v) is 29.8. The van der Waals surface area contributed by atoms with Crippen LogP contribution in [0.5, 0.6) is 23.0 Å². The number of benzene rings is 3. The Morgan fingerprint density at radius 3 is 2.43 bits per heavy atom. The van der Waals surface area contributed by atoms with Crippen LogP contribution in [-0.2, 0) is 16.1 Å². The third-order valence-corrected chi connectivity index (χ3v) is 9.29. The maximum absolute atomic E-state index is 14.2. The minimum atomic E-state index is -0.823. The lowest BCUT2D eigenvalue weighted by atomic mass is 9.97. The Morgan fingerprint density at radius 1 is 0.978 bits per heavy atom. The molecule has 46 heavy (non-hydrogen) atoms. The Kier molecular flexibility index (Phi) is 11.0. The van der Waals surface area contributed by atoms with Gasteiger partial charge < -0.3 is 23.7 Å². The van der Waals surface area contributed by atoms with Crippen LogP contribution in [0.3, 0.4) is 0 Å². The first kappa shape index (κ1) is 33.8. The fraction of sp³-hybridized carbons (Fsp3) is 0.242. The van der Waals surface area contributed by atoms with Gasteiger partial charge in [-0.25, -0.2) is 9.79 Å². The molecule has 240 valence electrons. The molecule has 0 spiro atoms. The third-order valence-electron chi connectivity index (χ3n) is 6.93. The summed E-state index contributed by atoms with van der Waals surface area (Å²) in [6, 6.07) is 13.5. The van der Waals surface area contributed by atoms with E-state index in [-0.39, 0.29) is 17.7 Å². The number of aromatic nitrogens is 1. The number of hydrogen-bond acceptors (Lipinski definition) is 9. The second-order valence-electron chi connectivity index (χ2n) is 9.81. The highest BCUT2D eigenvalue weighted by molar-refractivity contribution is 14.1. The second kappa shape index (κ2) is 14.9. The Morgan fingerprint density at radius 2 is 1.74 bits per heavy atom. The van der Waals surface area contributed by atoms with Gasteiger partial charge in [-0.1, -0.05) is 46.7 Å². The lowest BCUT2D eigenvalue weighted by Gasteiger charge is -2.23. The van der Waals surface area contributed by atoms with Crippen LogP contribution < -0.4 is 33.8 Å². The van der Waals surface area contributed by atoms with Crippen LogP contribution >= 0.6 is 57.1 Å². The summed E-state index contributed by atoms with van der Waals surface area (Å²) in [6.07, 6.45) is 3.18. The fourth-order valence-electron chi connectivity index (χ4n) is 4.92. The largest absolute Gasteiger partial charge is 0.493 e. The van der Waals surface area contributed by atoms with Gasteiger partial charge in [-0.2, -0.15) is 0 Å². The topological polar surface area (TPSA) is 97.6 Å². The number of hydrogen-bond donors (Lipinski definition) is 0. The summed E-state index contributed by atoms with van der Waals surface area (Å²) in [5.41, 5.74) is 1.92. The van der Waals surface area contributed by atoms with Crippen LogP contribution in [0, 0.1) is 3.57 Å². The quantitative estimate of drug-likeness (QED) is 0.130. The molecule has 1 aliphatic rings. The van der Waals surface area contributed by atoms with Crippen LogP contribution in [0.4, 0.5) is 0 Å². The molecule has 0 N–H and O–H groups in total. The van der Waals surface area contributed by atoms with Gasteiger partial charge in [0.1, 0.15) is 6.61 Å². The van der Waals surface area contributed by atoms with Crippen LogP contribution in [-0.4, -0.2) is 38.0 Å². The fourth-order valence-corrected chi connectivity index (χ4v) is 6.81. The Hall–Kier alpha value is -3.52. The molecule has 0 bridgehead atoms. The van der Waals surface area contributed by atoms with Crippen molar-refractivity contribution in [2.75, 3.05) is 27.4 Å². The van der Waals surface area contributed by atoms with Gasteiger partial charge in [-0.15, -0.1) is 0 Å². The molecule has 0 unspecified atom stereocenters. The van der Waals surface area contributed by atoms with E-state index in [0.717, 1.165) is 9.13 Å². The molecule has 13 heteroatoms. The number of thiazole rings is 1. The van der Waals surface area contributed by atoms with Crippen molar-refractivity contribution in [2.24, 2.45) is 4.99 Å². The summed E-state index contributed by atoms with van der Waals surface area (Å²) in [5.74, 6) is 1.40. The monoisotopic (exact) mass is 794 g/mol. The molecule has 0 radical (unpaired) electrons. The Labute approximate surface area is 292 Å². The first-order chi connectivity index (χ1) is 22.2. The van der Waals surface area contributed by atoms with Crippen molar-refractivity contribution >= 4 is 69.2 Å². The lowest BCUT2D eigenvalue weighted by molar-refractivity contribution is -0.136. The molecule has 0 saturated carbocycles. The van der Waals surface area contributed by atoms with E-state index in [1.54, 1.807) is 43.5 Å². The highest BCUT2D eigenvalue weighted by Gasteiger charge is 2.31. The molecule has 3 aromatic carbocycles. The van der Waals surface area contributed by atoms with E-state index >= 15 is 0 Å². The van der Waals surface area contributed by atoms with Gasteiger partial charge in [-0.05, 0) is 90.0 Å².